The lowest BCUT2D eigenvalue weighted by Gasteiger charge is -2.41. The molecule has 10 heteroatoms. The van der Waals surface area contributed by atoms with E-state index in [0.717, 1.165) is 30.4 Å². The lowest BCUT2D eigenvalue weighted by Crippen LogP contribution is -2.60. The van der Waals surface area contributed by atoms with Gasteiger partial charge in [-0.05, 0) is 18.2 Å². The molecule has 1 aromatic rings. The monoisotopic (exact) mass is 410 g/mol. The molecule has 6 nitrogen and oxygen atoms in total. The third-order valence-corrected chi connectivity index (χ3v) is 3.98. The van der Waals surface area contributed by atoms with Gasteiger partial charge in [-0.25, -0.2) is 4.79 Å². The Morgan fingerprint density at radius 3 is 2.42 bits per heavy atom. The Hall–Kier alpha value is -1.81. The van der Waals surface area contributed by atoms with E-state index in [0.29, 0.717) is 11.3 Å². The second-order valence-electron chi connectivity index (χ2n) is 5.24. The Morgan fingerprint density at radius 2 is 1.88 bits per heavy atom. The van der Waals surface area contributed by atoms with Crippen molar-refractivity contribution in [3.8, 4) is 5.75 Å². The van der Waals surface area contributed by atoms with Crippen LogP contribution in [0.15, 0.2) is 22.7 Å². The molecular formula is C14H14BrF3N2O4. The third-order valence-electron chi connectivity index (χ3n) is 3.49. The van der Waals surface area contributed by atoms with Gasteiger partial charge in [0.15, 0.2) is 5.72 Å². The number of aliphatic carboxylic acids is 1. The molecule has 132 valence electrons. The third kappa shape index (κ3) is 4.38. The molecule has 24 heavy (non-hydrogen) atoms. The van der Waals surface area contributed by atoms with E-state index in [2.05, 4.69) is 26.6 Å². The Kier molecular flexibility index (Phi) is 5.38. The number of carbonyl (C=O) groups excluding carboxylic acids is 1. The molecule has 1 aromatic carbocycles. The summed E-state index contributed by atoms with van der Waals surface area (Å²) in [7, 11) is 0. The SMILES string of the molecule is O=C(O)C(F)(F)F.O=C1NC2(CCNCC2)Oc2ccc(Br)cc21. The normalized spacial score (nSPS) is 18.6. The maximum Gasteiger partial charge on any atom is 0.490 e. The molecule has 0 aromatic heterocycles. The van der Waals surface area contributed by atoms with Crippen LogP contribution < -0.4 is 15.4 Å². The van der Waals surface area contributed by atoms with Crippen molar-refractivity contribution >= 4 is 27.8 Å². The molecule has 0 bridgehead atoms. The molecule has 1 saturated heterocycles. The van der Waals surface area contributed by atoms with Crippen LogP contribution in [0.2, 0.25) is 0 Å². The van der Waals surface area contributed by atoms with Gasteiger partial charge < -0.3 is 20.5 Å². The minimum absolute atomic E-state index is 0.0468. The number of carboxylic acid groups (broad SMARTS) is 1. The zero-order chi connectivity index (χ0) is 18.0. The average Bonchev–Trinajstić information content (AvgIpc) is 2.49. The summed E-state index contributed by atoms with van der Waals surface area (Å²) in [5.74, 6) is -2.12. The van der Waals surface area contributed by atoms with Crippen LogP contribution in [0.5, 0.6) is 5.75 Å². The number of hydrogen-bond acceptors (Lipinski definition) is 4. The Bertz CT molecular complexity index is 645. The van der Waals surface area contributed by atoms with Gasteiger partial charge >= 0.3 is 12.1 Å². The van der Waals surface area contributed by atoms with Crippen LogP contribution in [0.4, 0.5) is 13.2 Å². The van der Waals surface area contributed by atoms with E-state index in [4.69, 9.17) is 14.6 Å². The van der Waals surface area contributed by atoms with Crippen LogP contribution in [0.25, 0.3) is 0 Å². The summed E-state index contributed by atoms with van der Waals surface area (Å²) in [5.41, 5.74) is 0.0897. The molecule has 2 aliphatic rings. The fourth-order valence-corrected chi connectivity index (χ4v) is 2.70. The van der Waals surface area contributed by atoms with Crippen molar-refractivity contribution in [1.29, 1.82) is 0 Å². The quantitative estimate of drug-likeness (QED) is 0.610. The first kappa shape index (κ1) is 18.5. The van der Waals surface area contributed by atoms with Gasteiger partial charge in [0.2, 0.25) is 0 Å². The largest absolute Gasteiger partial charge is 0.490 e. The molecule has 0 atom stereocenters. The Balaban J connectivity index is 0.000000256. The number of carboxylic acids is 1. The predicted molar refractivity (Wildman–Crippen MR) is 80.8 cm³/mol. The van der Waals surface area contributed by atoms with Gasteiger partial charge in [-0.15, -0.1) is 0 Å². The van der Waals surface area contributed by atoms with E-state index < -0.39 is 17.9 Å². The van der Waals surface area contributed by atoms with Crippen LogP contribution in [-0.2, 0) is 4.79 Å². The highest BCUT2D eigenvalue weighted by atomic mass is 79.9. The molecule has 3 N–H and O–H groups in total. The number of piperidine rings is 1. The van der Waals surface area contributed by atoms with Crippen LogP contribution in [-0.4, -0.2) is 42.0 Å². The Morgan fingerprint density at radius 1 is 1.29 bits per heavy atom. The molecule has 0 radical (unpaired) electrons. The molecule has 3 rings (SSSR count). The highest BCUT2D eigenvalue weighted by Crippen LogP contribution is 2.33. The van der Waals surface area contributed by atoms with Crippen molar-refractivity contribution in [2.24, 2.45) is 0 Å². The number of rotatable bonds is 0. The van der Waals surface area contributed by atoms with E-state index in [1.807, 2.05) is 12.1 Å². The van der Waals surface area contributed by atoms with Crippen molar-refractivity contribution in [3.05, 3.63) is 28.2 Å². The number of amides is 1. The smallest absolute Gasteiger partial charge is 0.475 e. The second kappa shape index (κ2) is 6.98. The fourth-order valence-electron chi connectivity index (χ4n) is 2.34. The van der Waals surface area contributed by atoms with E-state index >= 15 is 0 Å². The minimum Gasteiger partial charge on any atom is -0.475 e. The van der Waals surface area contributed by atoms with Crippen LogP contribution in [0.3, 0.4) is 0 Å². The molecule has 1 amide bonds. The molecule has 0 aliphatic carbocycles. The van der Waals surface area contributed by atoms with E-state index in [-0.39, 0.29) is 5.91 Å². The van der Waals surface area contributed by atoms with Gasteiger partial charge in [0.1, 0.15) is 5.75 Å². The Labute approximate surface area is 143 Å². The highest BCUT2D eigenvalue weighted by molar-refractivity contribution is 9.10. The number of halogens is 4. The zero-order valence-electron chi connectivity index (χ0n) is 12.2. The van der Waals surface area contributed by atoms with Crippen molar-refractivity contribution in [3.63, 3.8) is 0 Å². The van der Waals surface area contributed by atoms with Crippen LogP contribution in [0, 0.1) is 0 Å². The van der Waals surface area contributed by atoms with E-state index in [9.17, 15) is 18.0 Å². The number of carbonyl (C=O) groups is 2. The number of alkyl halides is 3. The summed E-state index contributed by atoms with van der Waals surface area (Å²) in [4.78, 5) is 21.0. The summed E-state index contributed by atoms with van der Waals surface area (Å²) < 4.78 is 38.6. The number of nitrogens with one attached hydrogen (secondary N) is 2. The maximum absolute atomic E-state index is 12.1. The average molecular weight is 411 g/mol. The number of benzene rings is 1. The minimum atomic E-state index is -5.08. The van der Waals surface area contributed by atoms with Gasteiger partial charge in [-0.3, -0.25) is 4.79 Å². The summed E-state index contributed by atoms with van der Waals surface area (Å²) in [6.45, 7) is 1.73. The van der Waals surface area contributed by atoms with Gasteiger partial charge in [0.05, 0.1) is 5.56 Å². The van der Waals surface area contributed by atoms with Crippen molar-refractivity contribution in [2.45, 2.75) is 24.7 Å². The van der Waals surface area contributed by atoms with Crippen molar-refractivity contribution < 1.29 is 32.6 Å². The van der Waals surface area contributed by atoms with Gasteiger partial charge in [0, 0.05) is 30.4 Å². The van der Waals surface area contributed by atoms with Gasteiger partial charge in [-0.2, -0.15) is 13.2 Å². The molecule has 2 heterocycles. The topological polar surface area (TPSA) is 87.7 Å². The standard InChI is InChI=1S/C12H13BrN2O2.C2HF3O2/c13-8-1-2-10-9(7-8)11(16)15-12(17-10)3-5-14-6-4-12;3-2(4,5)1(6)7/h1-2,7,14H,3-6H2,(H,15,16);(H,6,7). The van der Waals surface area contributed by atoms with Crippen molar-refractivity contribution in [2.75, 3.05) is 13.1 Å². The molecule has 2 aliphatic heterocycles. The lowest BCUT2D eigenvalue weighted by molar-refractivity contribution is -0.192. The highest BCUT2D eigenvalue weighted by Gasteiger charge is 2.40. The summed E-state index contributed by atoms with van der Waals surface area (Å²) in [5, 5.41) is 13.4. The molecule has 1 spiro atoms. The van der Waals surface area contributed by atoms with Gasteiger partial charge in [0.25, 0.3) is 5.91 Å². The fraction of sp³-hybridized carbons (Fsp3) is 0.429. The molecular weight excluding hydrogens is 397 g/mol. The maximum atomic E-state index is 12.1. The number of ether oxygens (including phenoxy) is 1. The first-order chi connectivity index (χ1) is 11.1. The lowest BCUT2D eigenvalue weighted by atomic mass is 9.98. The molecule has 0 saturated carbocycles. The zero-order valence-corrected chi connectivity index (χ0v) is 13.8. The van der Waals surface area contributed by atoms with Gasteiger partial charge in [-0.1, -0.05) is 15.9 Å². The number of fused-ring (bicyclic) bond motifs is 1. The number of hydrogen-bond donors (Lipinski definition) is 3. The van der Waals surface area contributed by atoms with E-state index in [1.165, 1.54) is 0 Å². The van der Waals surface area contributed by atoms with E-state index in [1.54, 1.807) is 6.07 Å². The first-order valence-corrected chi connectivity index (χ1v) is 7.74. The van der Waals surface area contributed by atoms with Crippen LogP contribution in [0.1, 0.15) is 23.2 Å². The summed E-state index contributed by atoms with van der Waals surface area (Å²) >= 11 is 3.36. The molecule has 0 unspecified atom stereocenters. The molecule has 1 fully saturated rings. The second-order valence-corrected chi connectivity index (χ2v) is 6.16. The summed E-state index contributed by atoms with van der Waals surface area (Å²) in [6.07, 6.45) is -3.48. The summed E-state index contributed by atoms with van der Waals surface area (Å²) in [6, 6.07) is 5.53. The van der Waals surface area contributed by atoms with Crippen LogP contribution >= 0.6 is 15.9 Å². The first-order valence-electron chi connectivity index (χ1n) is 6.95. The van der Waals surface area contributed by atoms with Crippen molar-refractivity contribution in [1.82, 2.24) is 10.6 Å². The predicted octanol–water partition coefficient (Wildman–Crippen LogP) is 2.28.